The average Bonchev–Trinajstić information content (AvgIpc) is 3.06. The van der Waals surface area contributed by atoms with Crippen LogP contribution in [0, 0.1) is 0 Å². The van der Waals surface area contributed by atoms with Crippen molar-refractivity contribution < 1.29 is 19.1 Å². The monoisotopic (exact) mass is 305 g/mol. The second kappa shape index (κ2) is 8.14. The summed E-state index contributed by atoms with van der Waals surface area (Å²) in [5.74, 6) is -0.847. The molecule has 0 aromatic heterocycles. The Morgan fingerprint density at radius 3 is 3.05 bits per heavy atom. The maximum absolute atomic E-state index is 11.6. The Balaban J connectivity index is 1.75. The number of methoxy groups -OCH3 is 1. The van der Waals surface area contributed by atoms with Crippen LogP contribution in [0.2, 0.25) is 0 Å². The Hall–Kier alpha value is -2.41. The number of carbonyl (C=O) groups excluding carboxylic acids is 2. The zero-order valence-electron chi connectivity index (χ0n) is 12.4. The summed E-state index contributed by atoms with van der Waals surface area (Å²) < 4.78 is 10.4. The van der Waals surface area contributed by atoms with Crippen molar-refractivity contribution in [1.29, 1.82) is 0 Å². The van der Waals surface area contributed by atoms with Gasteiger partial charge in [-0.2, -0.15) is 5.10 Å². The molecule has 0 bridgehead atoms. The molecule has 2 rings (SSSR count). The highest BCUT2D eigenvalue weighted by Gasteiger charge is 2.18. The summed E-state index contributed by atoms with van der Waals surface area (Å²) >= 11 is 0. The van der Waals surface area contributed by atoms with Crippen LogP contribution in [0.25, 0.3) is 0 Å². The topological polar surface area (TPSA) is 89.0 Å². The number of hydrogen-bond acceptors (Lipinski definition) is 5. The predicted octanol–water partition coefficient (Wildman–Crippen LogP) is 0.440. The predicted molar refractivity (Wildman–Crippen MR) is 80.7 cm³/mol. The molecule has 1 aliphatic rings. The van der Waals surface area contributed by atoms with Gasteiger partial charge in [-0.05, 0) is 30.5 Å². The molecule has 0 radical (unpaired) electrons. The first kappa shape index (κ1) is 16.0. The van der Waals surface area contributed by atoms with Crippen LogP contribution >= 0.6 is 0 Å². The number of benzene rings is 1. The quantitative estimate of drug-likeness (QED) is 0.469. The van der Waals surface area contributed by atoms with Gasteiger partial charge in [0.2, 0.25) is 0 Å². The Labute approximate surface area is 128 Å². The lowest BCUT2D eigenvalue weighted by molar-refractivity contribution is -0.139. The maximum atomic E-state index is 11.6. The molecule has 1 fully saturated rings. The fourth-order valence-electron chi connectivity index (χ4n) is 2.03. The first-order chi connectivity index (χ1) is 10.7. The van der Waals surface area contributed by atoms with Gasteiger partial charge in [-0.15, -0.1) is 0 Å². The molecule has 0 aliphatic carbocycles. The number of nitrogens with one attached hydrogen (secondary N) is 2. The molecule has 2 amide bonds. The number of rotatable bonds is 5. The van der Waals surface area contributed by atoms with E-state index >= 15 is 0 Å². The van der Waals surface area contributed by atoms with Crippen molar-refractivity contribution in [3.63, 3.8) is 0 Å². The molecule has 7 heteroatoms. The Morgan fingerprint density at radius 1 is 1.45 bits per heavy atom. The van der Waals surface area contributed by atoms with E-state index in [1.165, 1.54) is 6.21 Å². The molecular formula is C15H19N3O4. The van der Waals surface area contributed by atoms with Crippen molar-refractivity contribution in [2.24, 2.45) is 5.10 Å². The number of hydrazone groups is 1. The molecule has 1 aromatic rings. The Kier molecular flexibility index (Phi) is 5.91. The molecule has 22 heavy (non-hydrogen) atoms. The van der Waals surface area contributed by atoms with Gasteiger partial charge >= 0.3 is 11.8 Å². The third kappa shape index (κ3) is 4.85. The van der Waals surface area contributed by atoms with Crippen LogP contribution in [0.5, 0.6) is 5.75 Å². The summed E-state index contributed by atoms with van der Waals surface area (Å²) in [6, 6.07) is 7.16. The van der Waals surface area contributed by atoms with Crippen molar-refractivity contribution in [3.05, 3.63) is 29.8 Å². The highest BCUT2D eigenvalue weighted by Crippen LogP contribution is 2.11. The van der Waals surface area contributed by atoms with E-state index in [0.717, 1.165) is 18.4 Å². The van der Waals surface area contributed by atoms with Crippen molar-refractivity contribution in [3.8, 4) is 5.75 Å². The number of amides is 2. The summed E-state index contributed by atoms with van der Waals surface area (Å²) in [5.41, 5.74) is 2.93. The lowest BCUT2D eigenvalue weighted by Crippen LogP contribution is -2.41. The van der Waals surface area contributed by atoms with Gasteiger partial charge in [0.15, 0.2) is 0 Å². The van der Waals surface area contributed by atoms with Crippen molar-refractivity contribution in [1.82, 2.24) is 10.7 Å². The molecule has 1 aliphatic heterocycles. The Bertz CT molecular complexity index is 553. The molecule has 1 unspecified atom stereocenters. The molecule has 1 saturated heterocycles. The summed E-state index contributed by atoms with van der Waals surface area (Å²) in [5, 5.41) is 6.27. The van der Waals surface area contributed by atoms with Crippen LogP contribution in [-0.2, 0) is 14.3 Å². The van der Waals surface area contributed by atoms with Gasteiger partial charge in [-0.1, -0.05) is 12.1 Å². The van der Waals surface area contributed by atoms with Crippen LogP contribution < -0.4 is 15.5 Å². The van der Waals surface area contributed by atoms with Crippen molar-refractivity contribution >= 4 is 18.0 Å². The number of ether oxygens (including phenoxy) is 2. The first-order valence-electron chi connectivity index (χ1n) is 7.06. The minimum absolute atomic E-state index is 0.00275. The third-order valence-corrected chi connectivity index (χ3v) is 3.19. The van der Waals surface area contributed by atoms with E-state index in [4.69, 9.17) is 9.47 Å². The maximum Gasteiger partial charge on any atom is 0.329 e. The summed E-state index contributed by atoms with van der Waals surface area (Å²) in [7, 11) is 1.57. The smallest absolute Gasteiger partial charge is 0.329 e. The van der Waals surface area contributed by atoms with Crippen LogP contribution in [0.3, 0.4) is 0 Å². The van der Waals surface area contributed by atoms with Gasteiger partial charge in [-0.25, -0.2) is 5.43 Å². The zero-order valence-corrected chi connectivity index (χ0v) is 12.4. The fourth-order valence-corrected chi connectivity index (χ4v) is 2.03. The van der Waals surface area contributed by atoms with E-state index in [2.05, 4.69) is 15.8 Å². The summed E-state index contributed by atoms with van der Waals surface area (Å²) in [6.07, 6.45) is 3.32. The number of hydrogen-bond donors (Lipinski definition) is 2. The Morgan fingerprint density at radius 2 is 2.32 bits per heavy atom. The zero-order chi connectivity index (χ0) is 15.8. The summed E-state index contributed by atoms with van der Waals surface area (Å²) in [4.78, 5) is 23.1. The largest absolute Gasteiger partial charge is 0.497 e. The molecule has 2 N–H and O–H groups in total. The van der Waals surface area contributed by atoms with Crippen LogP contribution in [-0.4, -0.2) is 44.4 Å². The highest BCUT2D eigenvalue weighted by atomic mass is 16.5. The summed E-state index contributed by atoms with van der Waals surface area (Å²) in [6.45, 7) is 1.05. The molecule has 1 atom stereocenters. The SMILES string of the molecule is COc1cccc(C=NNC(=O)C(=O)NCC2CCCO2)c1. The van der Waals surface area contributed by atoms with E-state index in [1.807, 2.05) is 0 Å². The average molecular weight is 305 g/mol. The van der Waals surface area contributed by atoms with Crippen LogP contribution in [0.1, 0.15) is 18.4 Å². The van der Waals surface area contributed by atoms with Crippen LogP contribution in [0.15, 0.2) is 29.4 Å². The first-order valence-corrected chi connectivity index (χ1v) is 7.06. The van der Waals surface area contributed by atoms with Gasteiger partial charge in [0.1, 0.15) is 5.75 Å². The molecular weight excluding hydrogens is 286 g/mol. The number of nitrogens with zero attached hydrogens (tertiary/aromatic N) is 1. The molecule has 1 aromatic carbocycles. The highest BCUT2D eigenvalue weighted by molar-refractivity contribution is 6.35. The van der Waals surface area contributed by atoms with Crippen LogP contribution in [0.4, 0.5) is 0 Å². The fraction of sp³-hybridized carbons (Fsp3) is 0.400. The molecule has 118 valence electrons. The van der Waals surface area contributed by atoms with Gasteiger partial charge in [0.05, 0.1) is 19.4 Å². The van der Waals surface area contributed by atoms with E-state index in [1.54, 1.807) is 31.4 Å². The molecule has 0 saturated carbocycles. The molecule has 1 heterocycles. The van der Waals surface area contributed by atoms with Crippen molar-refractivity contribution in [2.75, 3.05) is 20.3 Å². The third-order valence-electron chi connectivity index (χ3n) is 3.19. The molecule has 7 nitrogen and oxygen atoms in total. The second-order valence-electron chi connectivity index (χ2n) is 4.82. The second-order valence-corrected chi connectivity index (χ2v) is 4.82. The van der Waals surface area contributed by atoms with Gasteiger partial charge in [0, 0.05) is 13.2 Å². The van der Waals surface area contributed by atoms with Gasteiger partial charge < -0.3 is 14.8 Å². The normalized spacial score (nSPS) is 17.4. The van der Waals surface area contributed by atoms with Crippen molar-refractivity contribution in [2.45, 2.75) is 18.9 Å². The molecule has 0 spiro atoms. The van der Waals surface area contributed by atoms with E-state index in [-0.39, 0.29) is 6.10 Å². The standard InChI is InChI=1S/C15H19N3O4/c1-21-12-5-2-4-11(8-12)9-17-18-15(20)14(19)16-10-13-6-3-7-22-13/h2,4-5,8-9,13H,3,6-7,10H2,1H3,(H,16,19)(H,18,20). The lowest BCUT2D eigenvalue weighted by atomic mass is 10.2. The lowest BCUT2D eigenvalue weighted by Gasteiger charge is -2.09. The van der Waals surface area contributed by atoms with E-state index in [0.29, 0.717) is 18.9 Å². The number of carbonyl (C=O) groups is 2. The van der Waals surface area contributed by atoms with E-state index < -0.39 is 11.8 Å². The van der Waals surface area contributed by atoms with Gasteiger partial charge in [-0.3, -0.25) is 9.59 Å². The van der Waals surface area contributed by atoms with E-state index in [9.17, 15) is 9.59 Å². The van der Waals surface area contributed by atoms with Gasteiger partial charge in [0.25, 0.3) is 0 Å². The minimum Gasteiger partial charge on any atom is -0.497 e. The minimum atomic E-state index is -0.808.